The molecule has 0 aliphatic carbocycles. The van der Waals surface area contributed by atoms with Crippen LogP contribution in [0.3, 0.4) is 0 Å². The standard InChI is InChI=1S/C30H34F3N5O7S.HI/c1-30(2,3)45-29(44)22-16(14-46-27-21(34-15-39)26(41)37(22)27)13-38(4)9-7-35(8-10-38)24-19(32)11-17-23(20(24)33)36(6-5-31)12-18(25(17)40)28(42)43;/h11-12,15,21,27H,5-10,13-14H2,1-4H3,(H-,34,39,42,43);1H. The highest BCUT2D eigenvalue weighted by Crippen LogP contribution is 2.42. The molecule has 2 aromatic rings. The number of amides is 2. The van der Waals surface area contributed by atoms with Gasteiger partial charge in [-0.2, -0.15) is 0 Å². The molecule has 2 unspecified atom stereocenters. The molecule has 1 aromatic carbocycles. The summed E-state index contributed by atoms with van der Waals surface area (Å²) >= 11 is 1.42. The number of likely N-dealkylation sites (N-methyl/N-ethyl adjacent to an activating group) is 1. The number of carbonyl (C=O) groups excluding carboxylic acids is 3. The molecule has 12 nitrogen and oxygen atoms in total. The Kier molecular flexibility index (Phi) is 10.6. The van der Waals surface area contributed by atoms with Crippen LogP contribution in [0.15, 0.2) is 28.3 Å². The maximum Gasteiger partial charge on any atom is 0.355 e. The van der Waals surface area contributed by atoms with Gasteiger partial charge < -0.3 is 53.1 Å². The minimum Gasteiger partial charge on any atom is -1.00 e. The number of thioether (sulfide) groups is 1. The number of hydrogen-bond acceptors (Lipinski definition) is 8. The smallest absolute Gasteiger partial charge is 0.355 e. The summed E-state index contributed by atoms with van der Waals surface area (Å²) in [6.45, 7) is 5.20. The molecule has 0 saturated carbocycles. The molecule has 2 amide bonds. The number of aromatic nitrogens is 1. The fourth-order valence-corrected chi connectivity index (χ4v) is 7.54. The van der Waals surface area contributed by atoms with E-state index in [-0.39, 0.29) is 48.3 Å². The van der Waals surface area contributed by atoms with Crippen molar-refractivity contribution in [3.05, 3.63) is 51.0 Å². The van der Waals surface area contributed by atoms with E-state index in [1.165, 1.54) is 21.6 Å². The van der Waals surface area contributed by atoms with Gasteiger partial charge in [0.15, 0.2) is 5.82 Å². The van der Waals surface area contributed by atoms with Crippen LogP contribution in [0.2, 0.25) is 0 Å². The van der Waals surface area contributed by atoms with Crippen molar-refractivity contribution in [2.75, 3.05) is 57.1 Å². The summed E-state index contributed by atoms with van der Waals surface area (Å²) in [6.07, 6.45) is 1.32. The predicted molar refractivity (Wildman–Crippen MR) is 163 cm³/mol. The van der Waals surface area contributed by atoms with Crippen molar-refractivity contribution in [3.8, 4) is 0 Å². The molecular formula is C30H35F3IN5O7S. The Morgan fingerprint density at radius 2 is 1.87 bits per heavy atom. The summed E-state index contributed by atoms with van der Waals surface area (Å²) in [5, 5.41) is 10.9. The third-order valence-corrected chi connectivity index (χ3v) is 9.72. The number of ether oxygens (including phenoxy) is 1. The lowest BCUT2D eigenvalue weighted by molar-refractivity contribution is -0.905. The first kappa shape index (κ1) is 36.5. The molecule has 3 aliphatic heterocycles. The highest BCUT2D eigenvalue weighted by molar-refractivity contribution is 8.00. The number of aromatic carboxylic acids is 1. The number of quaternary nitrogens is 1. The van der Waals surface area contributed by atoms with E-state index in [1.54, 1.807) is 20.8 Å². The molecule has 1 aromatic heterocycles. The molecule has 2 N–H and O–H groups in total. The largest absolute Gasteiger partial charge is 1.00 e. The van der Waals surface area contributed by atoms with Gasteiger partial charge in [-0.25, -0.2) is 22.8 Å². The fraction of sp³-hybridized carbons (Fsp3) is 0.500. The average Bonchev–Trinajstić information content (AvgIpc) is 2.97. The van der Waals surface area contributed by atoms with Crippen molar-refractivity contribution in [2.45, 2.75) is 44.3 Å². The Hall–Kier alpha value is -3.32. The number of rotatable bonds is 9. The van der Waals surface area contributed by atoms with E-state index >= 15 is 8.78 Å². The maximum atomic E-state index is 16.0. The van der Waals surface area contributed by atoms with Crippen LogP contribution in [0.5, 0.6) is 0 Å². The fourth-order valence-electron chi connectivity index (χ4n) is 6.19. The molecule has 2 fully saturated rings. The van der Waals surface area contributed by atoms with Gasteiger partial charge in [0.1, 0.15) is 53.0 Å². The van der Waals surface area contributed by atoms with Gasteiger partial charge in [-0.15, -0.1) is 11.8 Å². The van der Waals surface area contributed by atoms with Crippen molar-refractivity contribution in [2.24, 2.45) is 0 Å². The molecular weight excluding hydrogens is 758 g/mol. The van der Waals surface area contributed by atoms with E-state index in [0.29, 0.717) is 41.9 Å². The van der Waals surface area contributed by atoms with Crippen LogP contribution in [-0.2, 0) is 25.7 Å². The number of aryl methyl sites for hydroxylation is 1. The maximum absolute atomic E-state index is 16.0. The monoisotopic (exact) mass is 793 g/mol. The van der Waals surface area contributed by atoms with Gasteiger partial charge in [-0.3, -0.25) is 19.3 Å². The summed E-state index contributed by atoms with van der Waals surface area (Å²) in [5.41, 5.74) is -2.58. The average molecular weight is 794 g/mol. The van der Waals surface area contributed by atoms with Crippen molar-refractivity contribution >= 4 is 52.6 Å². The molecule has 3 aliphatic rings. The molecule has 0 radical (unpaired) electrons. The van der Waals surface area contributed by atoms with Crippen molar-refractivity contribution in [1.29, 1.82) is 0 Å². The lowest BCUT2D eigenvalue weighted by Crippen LogP contribution is -3.00. The van der Waals surface area contributed by atoms with E-state index in [2.05, 4.69) is 5.32 Å². The second kappa shape index (κ2) is 13.7. The number of halogens is 4. The molecule has 0 spiro atoms. The Bertz CT molecular complexity index is 1720. The van der Waals surface area contributed by atoms with Gasteiger partial charge in [0.2, 0.25) is 11.8 Å². The van der Waals surface area contributed by atoms with Crippen LogP contribution in [0, 0.1) is 11.6 Å². The van der Waals surface area contributed by atoms with Gasteiger partial charge in [0.25, 0.3) is 5.91 Å². The first-order valence-corrected chi connectivity index (χ1v) is 15.7. The van der Waals surface area contributed by atoms with Crippen LogP contribution in [0.25, 0.3) is 10.9 Å². The lowest BCUT2D eigenvalue weighted by Gasteiger charge is -2.50. The zero-order chi connectivity index (χ0) is 33.7. The summed E-state index contributed by atoms with van der Waals surface area (Å²) in [4.78, 5) is 64.6. The first-order valence-electron chi connectivity index (χ1n) is 14.6. The van der Waals surface area contributed by atoms with Gasteiger partial charge in [0, 0.05) is 17.5 Å². The number of benzene rings is 1. The number of fused-ring (bicyclic) bond motifs is 2. The highest BCUT2D eigenvalue weighted by atomic mass is 127. The molecule has 17 heteroatoms. The Morgan fingerprint density at radius 3 is 2.45 bits per heavy atom. The van der Waals surface area contributed by atoms with Crippen LogP contribution < -0.4 is 39.6 Å². The quantitative estimate of drug-likeness (QED) is 0.106. The number of nitrogens with zero attached hydrogens (tertiary/aromatic N) is 4. The number of carbonyl (C=O) groups is 4. The van der Waals surface area contributed by atoms with E-state index in [0.717, 1.165) is 16.8 Å². The minimum absolute atomic E-state index is 0. The molecule has 2 saturated heterocycles. The molecule has 47 heavy (non-hydrogen) atoms. The SMILES string of the molecule is CC(C)(C)OC(=O)C1=C(C[N+]2(C)CCN(c3c(F)cc4c(=O)c(C(=O)O)cn(CCF)c4c3F)CC2)CSC2C(NC=O)C(=O)N12.[I-]. The second-order valence-electron chi connectivity index (χ2n) is 12.8. The van der Waals surface area contributed by atoms with Crippen LogP contribution in [0.1, 0.15) is 31.1 Å². The van der Waals surface area contributed by atoms with Gasteiger partial charge in [-0.05, 0) is 26.8 Å². The van der Waals surface area contributed by atoms with Gasteiger partial charge in [-0.1, -0.05) is 0 Å². The predicted octanol–water partition coefficient (Wildman–Crippen LogP) is -1.16. The van der Waals surface area contributed by atoms with E-state index in [1.807, 2.05) is 7.05 Å². The third-order valence-electron chi connectivity index (χ3n) is 8.38. The van der Waals surface area contributed by atoms with Crippen LogP contribution >= 0.6 is 11.8 Å². The number of pyridine rings is 1. The number of hydrogen-bond donors (Lipinski definition) is 2. The number of β-lactam (4-membered cyclic amide) rings is 1. The molecule has 4 heterocycles. The Morgan fingerprint density at radius 1 is 1.21 bits per heavy atom. The molecule has 256 valence electrons. The van der Waals surface area contributed by atoms with Crippen LogP contribution in [-0.4, -0.2) is 113 Å². The van der Waals surface area contributed by atoms with E-state index in [9.17, 15) is 33.5 Å². The van der Waals surface area contributed by atoms with Gasteiger partial charge in [0.05, 0.1) is 50.7 Å². The lowest BCUT2D eigenvalue weighted by atomic mass is 10.0. The number of anilines is 1. The Balaban J connectivity index is 0.00000500. The number of esters is 1. The number of nitrogens with one attached hydrogen (secondary N) is 1. The van der Waals surface area contributed by atoms with Crippen molar-refractivity contribution in [1.82, 2.24) is 14.8 Å². The minimum atomic E-state index is -1.59. The number of carboxylic acid groups (broad SMARTS) is 1. The molecule has 0 bridgehead atoms. The normalized spacial score (nSPS) is 20.7. The van der Waals surface area contributed by atoms with Crippen molar-refractivity contribution < 1.29 is 70.7 Å². The zero-order valence-electron chi connectivity index (χ0n) is 26.1. The zero-order valence-corrected chi connectivity index (χ0v) is 29.1. The summed E-state index contributed by atoms with van der Waals surface area (Å²) in [6, 6.07) is 0.0446. The molecule has 2 atom stereocenters. The van der Waals surface area contributed by atoms with Crippen molar-refractivity contribution in [3.63, 3.8) is 0 Å². The number of alkyl halides is 1. The third kappa shape index (κ3) is 6.83. The summed E-state index contributed by atoms with van der Waals surface area (Å²) in [5.74, 6) is -4.40. The first-order chi connectivity index (χ1) is 21.6. The Labute approximate surface area is 289 Å². The second-order valence-corrected chi connectivity index (χ2v) is 13.9. The topological polar surface area (TPSA) is 138 Å². The molecule has 5 rings (SSSR count). The highest BCUT2D eigenvalue weighted by Gasteiger charge is 2.54. The summed E-state index contributed by atoms with van der Waals surface area (Å²) < 4.78 is 51.8. The van der Waals surface area contributed by atoms with E-state index in [4.69, 9.17) is 4.74 Å². The number of carboxylic acids is 1. The van der Waals surface area contributed by atoms with Gasteiger partial charge >= 0.3 is 11.9 Å². The number of piperazine rings is 1. The van der Waals surface area contributed by atoms with E-state index < -0.39 is 81.8 Å². The summed E-state index contributed by atoms with van der Waals surface area (Å²) in [7, 11) is 1.93. The van der Waals surface area contributed by atoms with Crippen LogP contribution in [0.4, 0.5) is 18.9 Å².